The Balaban J connectivity index is 3.50. The molecule has 0 aliphatic carbocycles. The van der Waals surface area contributed by atoms with Gasteiger partial charge < -0.3 is 20.3 Å². The summed E-state index contributed by atoms with van der Waals surface area (Å²) in [5, 5.41) is 23.2. The molecule has 0 fully saturated rings. The lowest BCUT2D eigenvalue weighted by atomic mass is 10.0. The summed E-state index contributed by atoms with van der Waals surface area (Å²) in [6.45, 7) is 4.88. The van der Waals surface area contributed by atoms with Crippen LogP contribution in [0.1, 0.15) is 348 Å². The molecular formula is C66H125NO5. The summed E-state index contributed by atoms with van der Waals surface area (Å²) in [4.78, 5) is 24.5. The maximum Gasteiger partial charge on any atom is 0.305 e. The van der Waals surface area contributed by atoms with Crippen LogP contribution in [0.5, 0.6) is 0 Å². The number of esters is 1. The molecule has 0 saturated heterocycles. The van der Waals surface area contributed by atoms with Crippen molar-refractivity contribution in [2.45, 2.75) is 360 Å². The van der Waals surface area contributed by atoms with Gasteiger partial charge in [0.15, 0.2) is 0 Å². The van der Waals surface area contributed by atoms with Crippen LogP contribution in [0.2, 0.25) is 0 Å². The molecular weight excluding hydrogens is 887 g/mol. The molecule has 3 N–H and O–H groups in total. The zero-order chi connectivity index (χ0) is 52.2. The monoisotopic (exact) mass is 1010 g/mol. The Morgan fingerprint density at radius 1 is 0.389 bits per heavy atom. The molecule has 6 nitrogen and oxygen atoms in total. The number of nitrogens with one attached hydrogen (secondary N) is 1. The lowest BCUT2D eigenvalue weighted by molar-refractivity contribution is -0.143. The summed E-state index contributed by atoms with van der Waals surface area (Å²) < 4.78 is 5.44. The predicted molar refractivity (Wildman–Crippen MR) is 315 cm³/mol. The van der Waals surface area contributed by atoms with Crippen molar-refractivity contribution in [3.05, 3.63) is 36.5 Å². The number of aliphatic hydroxyl groups is 2. The van der Waals surface area contributed by atoms with Gasteiger partial charge in [-0.3, -0.25) is 9.59 Å². The van der Waals surface area contributed by atoms with Crippen molar-refractivity contribution < 1.29 is 24.5 Å². The second kappa shape index (κ2) is 61.6. The zero-order valence-electron chi connectivity index (χ0n) is 48.4. The van der Waals surface area contributed by atoms with Gasteiger partial charge in [-0.2, -0.15) is 0 Å². The van der Waals surface area contributed by atoms with Crippen molar-refractivity contribution in [2.24, 2.45) is 0 Å². The van der Waals surface area contributed by atoms with Crippen LogP contribution >= 0.6 is 0 Å². The summed E-state index contributed by atoms with van der Waals surface area (Å²) in [6.07, 6.45) is 77.7. The highest BCUT2D eigenvalue weighted by Gasteiger charge is 2.18. The van der Waals surface area contributed by atoms with Crippen molar-refractivity contribution in [1.82, 2.24) is 5.32 Å². The van der Waals surface area contributed by atoms with E-state index >= 15 is 0 Å². The van der Waals surface area contributed by atoms with Gasteiger partial charge in [0.05, 0.1) is 25.4 Å². The number of hydrogen-bond donors (Lipinski definition) is 3. The van der Waals surface area contributed by atoms with E-state index in [1.54, 1.807) is 6.08 Å². The normalized spacial score (nSPS) is 12.8. The summed E-state index contributed by atoms with van der Waals surface area (Å²) in [6, 6.07) is -0.637. The smallest absolute Gasteiger partial charge is 0.305 e. The van der Waals surface area contributed by atoms with Crippen molar-refractivity contribution in [1.29, 1.82) is 0 Å². The standard InChI is InChI=1S/C66H125NO5/c1-3-5-7-9-11-13-15-16-17-18-19-20-21-22-23-24-26-29-32-35-39-42-46-50-54-58-64(69)63(62-68)67-65(70)59-55-51-47-43-40-36-33-30-27-25-28-31-34-37-41-45-49-53-57-61-72-66(71)60-56-52-48-44-38-14-12-10-8-6-4-2/h31,34,37,41,54,58,63-64,68-69H,3-30,32-33,35-36,38-40,42-53,55-57,59-62H2,1-2H3,(H,67,70)/b34-31-,41-37-,58-54+. The van der Waals surface area contributed by atoms with Gasteiger partial charge in [-0.05, 0) is 64.2 Å². The molecule has 0 rings (SSSR count). The van der Waals surface area contributed by atoms with Crippen LogP contribution in [-0.2, 0) is 14.3 Å². The number of carbonyl (C=O) groups excluding carboxylic acids is 2. The average Bonchev–Trinajstić information content (AvgIpc) is 3.38. The minimum Gasteiger partial charge on any atom is -0.466 e. The first kappa shape index (κ1) is 70.1. The molecule has 2 atom stereocenters. The molecule has 6 heteroatoms. The number of carbonyl (C=O) groups is 2. The van der Waals surface area contributed by atoms with Gasteiger partial charge in [0.2, 0.25) is 5.91 Å². The van der Waals surface area contributed by atoms with Crippen molar-refractivity contribution in [2.75, 3.05) is 13.2 Å². The van der Waals surface area contributed by atoms with Crippen LogP contribution < -0.4 is 5.32 Å². The van der Waals surface area contributed by atoms with Gasteiger partial charge in [0, 0.05) is 12.8 Å². The number of ether oxygens (including phenoxy) is 1. The molecule has 0 aliphatic heterocycles. The summed E-state index contributed by atoms with van der Waals surface area (Å²) >= 11 is 0. The number of hydrogen-bond acceptors (Lipinski definition) is 5. The zero-order valence-corrected chi connectivity index (χ0v) is 48.4. The van der Waals surface area contributed by atoms with E-state index in [2.05, 4.69) is 43.5 Å². The molecule has 2 unspecified atom stereocenters. The van der Waals surface area contributed by atoms with Gasteiger partial charge in [-0.1, -0.05) is 307 Å². The van der Waals surface area contributed by atoms with E-state index in [1.165, 1.54) is 244 Å². The molecule has 0 aliphatic rings. The van der Waals surface area contributed by atoms with Crippen molar-refractivity contribution in [3.63, 3.8) is 0 Å². The highest BCUT2D eigenvalue weighted by Crippen LogP contribution is 2.18. The highest BCUT2D eigenvalue weighted by atomic mass is 16.5. The second-order valence-electron chi connectivity index (χ2n) is 22.1. The average molecular weight is 1010 g/mol. The Bertz CT molecular complexity index is 1170. The van der Waals surface area contributed by atoms with Crippen LogP contribution in [-0.4, -0.2) is 47.4 Å². The predicted octanol–water partition coefficient (Wildman–Crippen LogP) is 20.4. The van der Waals surface area contributed by atoms with Crippen LogP contribution in [0.3, 0.4) is 0 Å². The fourth-order valence-corrected chi connectivity index (χ4v) is 9.98. The maximum absolute atomic E-state index is 12.5. The van der Waals surface area contributed by atoms with E-state index in [4.69, 9.17) is 4.74 Å². The number of unbranched alkanes of at least 4 members (excludes halogenated alkanes) is 46. The molecule has 72 heavy (non-hydrogen) atoms. The Morgan fingerprint density at radius 3 is 1.03 bits per heavy atom. The number of amides is 1. The third kappa shape index (κ3) is 57.4. The number of aliphatic hydroxyl groups excluding tert-OH is 2. The van der Waals surface area contributed by atoms with Crippen LogP contribution in [0, 0.1) is 0 Å². The lowest BCUT2D eigenvalue weighted by Gasteiger charge is -2.20. The Morgan fingerprint density at radius 2 is 0.681 bits per heavy atom. The quantitative estimate of drug-likeness (QED) is 0.0244. The number of rotatable bonds is 60. The van der Waals surface area contributed by atoms with Crippen molar-refractivity contribution >= 4 is 11.9 Å². The fourth-order valence-electron chi connectivity index (χ4n) is 9.98. The lowest BCUT2D eigenvalue weighted by Crippen LogP contribution is -2.45. The fraction of sp³-hybridized carbons (Fsp3) is 0.879. The minimum atomic E-state index is -0.853. The van der Waals surface area contributed by atoms with Gasteiger partial charge >= 0.3 is 5.97 Å². The molecule has 424 valence electrons. The Labute approximate surface area is 449 Å². The van der Waals surface area contributed by atoms with E-state index in [9.17, 15) is 19.8 Å². The molecule has 0 bridgehead atoms. The number of allylic oxidation sites excluding steroid dienone is 5. The van der Waals surface area contributed by atoms with E-state index < -0.39 is 12.1 Å². The molecule has 0 spiro atoms. The molecule has 0 heterocycles. The Kier molecular flexibility index (Phi) is 60.0. The van der Waals surface area contributed by atoms with Crippen LogP contribution in [0.25, 0.3) is 0 Å². The molecule has 1 amide bonds. The largest absolute Gasteiger partial charge is 0.466 e. The van der Waals surface area contributed by atoms with E-state index in [-0.39, 0.29) is 18.5 Å². The van der Waals surface area contributed by atoms with Gasteiger partial charge in [0.1, 0.15) is 0 Å². The molecule has 0 radical (unpaired) electrons. The molecule has 0 aromatic rings. The minimum absolute atomic E-state index is 0.0141. The first-order chi connectivity index (χ1) is 35.5. The topological polar surface area (TPSA) is 95.9 Å². The van der Waals surface area contributed by atoms with Gasteiger partial charge in [0.25, 0.3) is 0 Å². The SMILES string of the molecule is CCCCCCCCCCCCCCCCCCCCCCCCC/C=C/C(O)C(CO)NC(=O)CCCCCCCCCCCC/C=C\C=C/CCCCCOC(=O)CCCCCCCCCCCCC. The van der Waals surface area contributed by atoms with E-state index in [0.29, 0.717) is 19.4 Å². The second-order valence-corrected chi connectivity index (χ2v) is 22.1. The van der Waals surface area contributed by atoms with Gasteiger partial charge in [-0.15, -0.1) is 0 Å². The summed E-state index contributed by atoms with van der Waals surface area (Å²) in [7, 11) is 0. The van der Waals surface area contributed by atoms with Crippen LogP contribution in [0.4, 0.5) is 0 Å². The highest BCUT2D eigenvalue weighted by molar-refractivity contribution is 5.76. The molecule has 0 aromatic carbocycles. The van der Waals surface area contributed by atoms with E-state index in [1.807, 2.05) is 6.08 Å². The van der Waals surface area contributed by atoms with Crippen LogP contribution in [0.15, 0.2) is 36.5 Å². The van der Waals surface area contributed by atoms with Crippen molar-refractivity contribution in [3.8, 4) is 0 Å². The first-order valence-electron chi connectivity index (χ1n) is 32.3. The third-order valence-electron chi connectivity index (χ3n) is 14.9. The summed E-state index contributed by atoms with van der Waals surface area (Å²) in [5.41, 5.74) is 0. The first-order valence-corrected chi connectivity index (χ1v) is 32.3. The molecule has 0 aromatic heterocycles. The van der Waals surface area contributed by atoms with Gasteiger partial charge in [-0.25, -0.2) is 0 Å². The third-order valence-corrected chi connectivity index (χ3v) is 14.9. The Hall–Kier alpha value is -1.92. The van der Waals surface area contributed by atoms with E-state index in [0.717, 1.165) is 77.0 Å². The summed E-state index contributed by atoms with van der Waals surface area (Å²) in [5.74, 6) is -0.0887. The molecule has 0 saturated carbocycles. The maximum atomic E-state index is 12.5.